The molecule has 0 unspecified atom stereocenters. The summed E-state index contributed by atoms with van der Waals surface area (Å²) >= 11 is 0. The number of nitrogens with zero attached hydrogens (tertiary/aromatic N) is 1. The van der Waals surface area contributed by atoms with E-state index in [1.165, 1.54) is 4.90 Å². The van der Waals surface area contributed by atoms with Gasteiger partial charge in [-0.25, -0.2) is 6.54 Å². The smallest absolute Gasteiger partial charge is 0.502 e. The van der Waals surface area contributed by atoms with Gasteiger partial charge in [-0.3, -0.25) is 4.79 Å². The van der Waals surface area contributed by atoms with Crippen LogP contribution in [0.2, 0.25) is 0 Å². The number of hydrogen-bond acceptors (Lipinski definition) is 2. The van der Waals surface area contributed by atoms with Crippen LogP contribution in [0.15, 0.2) is 0 Å². The average molecular weight is 141 g/mol. The molecule has 0 aliphatic rings. The van der Waals surface area contributed by atoms with Crippen LogP contribution in [0.3, 0.4) is 0 Å². The third-order valence-electron chi connectivity index (χ3n) is 0.369. The number of carboxylic acid groups (broad SMARTS) is 1. The van der Waals surface area contributed by atoms with E-state index in [9.17, 15) is 4.79 Å². The van der Waals surface area contributed by atoms with Crippen molar-refractivity contribution in [1.29, 1.82) is 0 Å². The molecule has 42 valence electrons. The molecule has 0 saturated carbocycles. The fourth-order valence-electron chi connectivity index (χ4n) is 0.221. The number of carboxylic acids is 1. The van der Waals surface area contributed by atoms with Crippen LogP contribution in [0.25, 0.3) is 0 Å². The molecular formula is C4H8KNO2. The summed E-state index contributed by atoms with van der Waals surface area (Å²) in [4.78, 5) is 11.2. The molecule has 0 saturated heterocycles. The van der Waals surface area contributed by atoms with Crippen LogP contribution in [0.4, 0.5) is 0 Å². The second-order valence-corrected chi connectivity index (χ2v) is 1.43. The Morgan fingerprint density at radius 2 is 2.00 bits per heavy atom. The number of hydrogen-bond donors (Lipinski definition) is 1. The fourth-order valence-corrected chi connectivity index (χ4v) is 0.221. The first-order chi connectivity index (χ1) is 3.13. The normalized spacial score (nSPS) is 7.88. The quantitative estimate of drug-likeness (QED) is 0.325. The van der Waals surface area contributed by atoms with Crippen molar-refractivity contribution in [2.24, 2.45) is 0 Å². The Bertz CT molecular complexity index is 74.4. The molecule has 0 aliphatic carbocycles. The molecule has 0 heterocycles. The molecule has 0 radical (unpaired) electrons. The zero-order valence-corrected chi connectivity index (χ0v) is 8.50. The van der Waals surface area contributed by atoms with Crippen LogP contribution in [0, 0.1) is 6.54 Å². The van der Waals surface area contributed by atoms with E-state index in [0.29, 0.717) is 0 Å². The number of carbonyl (C=O) groups is 1. The molecule has 0 bridgehead atoms. The Morgan fingerprint density at radius 3 is 2.00 bits per heavy atom. The van der Waals surface area contributed by atoms with Crippen LogP contribution in [0.1, 0.15) is 0 Å². The molecule has 0 rings (SSSR count). The molecule has 8 heavy (non-hydrogen) atoms. The Morgan fingerprint density at radius 1 is 1.62 bits per heavy atom. The van der Waals surface area contributed by atoms with Gasteiger partial charge in [0.2, 0.25) is 0 Å². The van der Waals surface area contributed by atoms with Crippen LogP contribution in [-0.4, -0.2) is 30.1 Å². The van der Waals surface area contributed by atoms with Crippen molar-refractivity contribution < 1.29 is 61.3 Å². The van der Waals surface area contributed by atoms with Crippen molar-refractivity contribution in [3.05, 3.63) is 6.54 Å². The van der Waals surface area contributed by atoms with Crippen molar-refractivity contribution >= 4 is 5.97 Å². The summed E-state index contributed by atoms with van der Waals surface area (Å²) in [7, 11) is 3.32. The Kier molecular flexibility index (Phi) is 8.87. The van der Waals surface area contributed by atoms with Crippen LogP contribution in [-0.2, 0) is 4.79 Å². The standard InChI is InChI=1S/C4H8NO2.K/c1-5(2)3-4(6)7;/h3H,1-2H3,(H,6,7);/q-1;+1. The molecule has 4 heteroatoms. The average Bonchev–Trinajstić information content (AvgIpc) is 1.27. The number of rotatable bonds is 2. The third kappa shape index (κ3) is 10.0. The summed E-state index contributed by atoms with van der Waals surface area (Å²) in [5.74, 6) is -0.912. The van der Waals surface area contributed by atoms with E-state index >= 15 is 0 Å². The first kappa shape index (κ1) is 11.7. The first-order valence-electron chi connectivity index (χ1n) is 1.87. The van der Waals surface area contributed by atoms with E-state index in [4.69, 9.17) is 5.11 Å². The van der Waals surface area contributed by atoms with Gasteiger partial charge in [-0.05, 0) is 14.1 Å². The van der Waals surface area contributed by atoms with Gasteiger partial charge >= 0.3 is 51.4 Å². The molecule has 0 aromatic carbocycles. The van der Waals surface area contributed by atoms with Crippen molar-refractivity contribution in [1.82, 2.24) is 4.90 Å². The van der Waals surface area contributed by atoms with Crippen molar-refractivity contribution in [2.75, 3.05) is 14.1 Å². The summed E-state index contributed by atoms with van der Waals surface area (Å²) in [6.07, 6.45) is 0. The Hall–Kier alpha value is 0.936. The van der Waals surface area contributed by atoms with E-state index in [2.05, 4.69) is 0 Å². The third-order valence-corrected chi connectivity index (χ3v) is 0.369. The molecule has 0 amide bonds. The minimum absolute atomic E-state index is 0. The Labute approximate surface area is 91.5 Å². The topological polar surface area (TPSA) is 40.5 Å². The van der Waals surface area contributed by atoms with Gasteiger partial charge in [0, 0.05) is 0 Å². The van der Waals surface area contributed by atoms with Gasteiger partial charge in [0.1, 0.15) is 0 Å². The minimum Gasteiger partial charge on any atom is -0.502 e. The van der Waals surface area contributed by atoms with E-state index in [0.717, 1.165) is 6.54 Å². The van der Waals surface area contributed by atoms with E-state index in [1.54, 1.807) is 14.1 Å². The van der Waals surface area contributed by atoms with Crippen LogP contribution in [0.5, 0.6) is 0 Å². The molecule has 0 atom stereocenters. The predicted octanol–water partition coefficient (Wildman–Crippen LogP) is -3.20. The fraction of sp³-hybridized carbons (Fsp3) is 0.500. The monoisotopic (exact) mass is 141 g/mol. The first-order valence-corrected chi connectivity index (χ1v) is 1.87. The number of likely N-dealkylation sites (N-methyl/N-ethyl adjacent to an activating group) is 1. The van der Waals surface area contributed by atoms with Crippen molar-refractivity contribution in [2.45, 2.75) is 0 Å². The van der Waals surface area contributed by atoms with Gasteiger partial charge in [0.25, 0.3) is 0 Å². The maximum absolute atomic E-state index is 9.71. The van der Waals surface area contributed by atoms with Gasteiger partial charge in [-0.1, -0.05) is 0 Å². The zero-order valence-electron chi connectivity index (χ0n) is 5.38. The summed E-state index contributed by atoms with van der Waals surface area (Å²) in [5, 5.41) is 7.99. The molecule has 3 nitrogen and oxygen atoms in total. The molecule has 0 aromatic rings. The molecule has 0 aliphatic heterocycles. The van der Waals surface area contributed by atoms with Crippen LogP contribution >= 0.6 is 0 Å². The molecule has 0 fully saturated rings. The molecule has 0 spiro atoms. The van der Waals surface area contributed by atoms with Crippen molar-refractivity contribution in [3.63, 3.8) is 0 Å². The van der Waals surface area contributed by atoms with Gasteiger partial charge in [0.05, 0.1) is 0 Å². The summed E-state index contributed by atoms with van der Waals surface area (Å²) in [5.41, 5.74) is 0. The molecule has 0 aromatic heterocycles. The minimum atomic E-state index is -0.912. The van der Waals surface area contributed by atoms with Gasteiger partial charge in [-0.15, -0.1) is 0 Å². The SMILES string of the molecule is CN(C)[CH-]C(=O)O.[K+]. The van der Waals surface area contributed by atoms with Gasteiger partial charge in [-0.2, -0.15) is 0 Å². The second-order valence-electron chi connectivity index (χ2n) is 1.43. The van der Waals surface area contributed by atoms with Gasteiger partial charge in [0.15, 0.2) is 5.97 Å². The zero-order chi connectivity index (χ0) is 5.86. The number of aliphatic carboxylic acids is 1. The largest absolute Gasteiger partial charge is 1.00 e. The van der Waals surface area contributed by atoms with Crippen LogP contribution < -0.4 is 51.4 Å². The predicted molar refractivity (Wildman–Crippen MR) is 25.6 cm³/mol. The summed E-state index contributed by atoms with van der Waals surface area (Å²) < 4.78 is 0. The van der Waals surface area contributed by atoms with E-state index < -0.39 is 5.97 Å². The molecule has 1 N–H and O–H groups in total. The maximum atomic E-state index is 9.71. The van der Waals surface area contributed by atoms with E-state index in [-0.39, 0.29) is 51.4 Å². The molecular weight excluding hydrogens is 133 g/mol. The summed E-state index contributed by atoms with van der Waals surface area (Å²) in [6, 6.07) is 0. The second kappa shape index (κ2) is 6.06. The van der Waals surface area contributed by atoms with Crippen molar-refractivity contribution in [3.8, 4) is 0 Å². The van der Waals surface area contributed by atoms with E-state index in [1.807, 2.05) is 0 Å². The maximum Gasteiger partial charge on any atom is 1.00 e. The Balaban J connectivity index is 0. The summed E-state index contributed by atoms with van der Waals surface area (Å²) in [6.45, 7) is 1.08. The van der Waals surface area contributed by atoms with Gasteiger partial charge < -0.3 is 10.0 Å².